The van der Waals surface area contributed by atoms with Crippen LogP contribution in [0.3, 0.4) is 0 Å². The van der Waals surface area contributed by atoms with Gasteiger partial charge in [-0.2, -0.15) is 18.3 Å². The second-order valence-electron chi connectivity index (χ2n) is 6.90. The lowest BCUT2D eigenvalue weighted by Crippen LogP contribution is -2.46. The molecule has 0 aliphatic carbocycles. The SMILES string of the molecule is Fc1ccc(-c2n[nH]cc2CN2CCN(c3ncccc3C(F)(F)F)CC2)cc1. The fourth-order valence-electron chi connectivity index (χ4n) is 3.52. The molecule has 9 heteroatoms. The number of pyridine rings is 1. The van der Waals surface area contributed by atoms with Gasteiger partial charge in [-0.1, -0.05) is 0 Å². The number of aromatic amines is 1. The summed E-state index contributed by atoms with van der Waals surface area (Å²) < 4.78 is 52.9. The van der Waals surface area contributed by atoms with Gasteiger partial charge < -0.3 is 4.90 Å². The van der Waals surface area contributed by atoms with Crippen LogP contribution in [0.2, 0.25) is 0 Å². The third-order valence-corrected chi connectivity index (χ3v) is 4.99. The van der Waals surface area contributed by atoms with Gasteiger partial charge in [0.15, 0.2) is 0 Å². The minimum atomic E-state index is -4.43. The number of alkyl halides is 3. The smallest absolute Gasteiger partial charge is 0.354 e. The molecular weight excluding hydrogens is 386 g/mol. The number of hydrogen-bond donors (Lipinski definition) is 1. The highest BCUT2D eigenvalue weighted by molar-refractivity contribution is 5.62. The van der Waals surface area contributed by atoms with E-state index in [1.165, 1.54) is 24.4 Å². The maximum atomic E-state index is 13.3. The Hall–Kier alpha value is -2.94. The van der Waals surface area contributed by atoms with Crippen molar-refractivity contribution in [2.24, 2.45) is 0 Å². The van der Waals surface area contributed by atoms with Gasteiger partial charge in [-0.3, -0.25) is 10.00 Å². The van der Waals surface area contributed by atoms with E-state index in [4.69, 9.17) is 0 Å². The second kappa shape index (κ2) is 7.82. The largest absolute Gasteiger partial charge is 0.419 e. The topological polar surface area (TPSA) is 48.1 Å². The van der Waals surface area contributed by atoms with E-state index in [0.717, 1.165) is 22.9 Å². The first-order valence-electron chi connectivity index (χ1n) is 9.20. The van der Waals surface area contributed by atoms with E-state index in [1.807, 2.05) is 0 Å². The summed E-state index contributed by atoms with van der Waals surface area (Å²) in [6.45, 7) is 2.70. The summed E-state index contributed by atoms with van der Waals surface area (Å²) in [5.41, 5.74) is 1.81. The summed E-state index contributed by atoms with van der Waals surface area (Å²) in [7, 11) is 0. The quantitative estimate of drug-likeness (QED) is 0.668. The number of nitrogens with zero attached hydrogens (tertiary/aromatic N) is 4. The molecule has 29 heavy (non-hydrogen) atoms. The van der Waals surface area contributed by atoms with Gasteiger partial charge in [0.05, 0.1) is 11.3 Å². The number of H-pyrrole nitrogens is 1. The lowest BCUT2D eigenvalue weighted by molar-refractivity contribution is -0.137. The van der Waals surface area contributed by atoms with Crippen molar-refractivity contribution in [3.63, 3.8) is 0 Å². The number of benzene rings is 1. The summed E-state index contributed by atoms with van der Waals surface area (Å²) in [4.78, 5) is 7.81. The zero-order valence-electron chi connectivity index (χ0n) is 15.5. The Labute approximate surface area is 165 Å². The van der Waals surface area contributed by atoms with Crippen molar-refractivity contribution in [3.05, 3.63) is 65.7 Å². The zero-order chi connectivity index (χ0) is 20.4. The van der Waals surface area contributed by atoms with E-state index in [0.29, 0.717) is 32.7 Å². The van der Waals surface area contributed by atoms with Gasteiger partial charge >= 0.3 is 6.18 Å². The molecule has 4 rings (SSSR count). The highest BCUT2D eigenvalue weighted by Crippen LogP contribution is 2.35. The van der Waals surface area contributed by atoms with E-state index in [1.54, 1.807) is 23.2 Å². The van der Waals surface area contributed by atoms with Gasteiger partial charge in [-0.15, -0.1) is 0 Å². The van der Waals surface area contributed by atoms with Gasteiger partial charge in [-0.25, -0.2) is 9.37 Å². The Morgan fingerprint density at radius 2 is 1.72 bits per heavy atom. The molecule has 3 aromatic rings. The molecule has 1 saturated heterocycles. The van der Waals surface area contributed by atoms with Crippen LogP contribution >= 0.6 is 0 Å². The Balaban J connectivity index is 1.43. The molecule has 1 fully saturated rings. The van der Waals surface area contributed by atoms with Crippen LogP contribution in [0.5, 0.6) is 0 Å². The van der Waals surface area contributed by atoms with E-state index in [2.05, 4.69) is 20.1 Å². The van der Waals surface area contributed by atoms with E-state index in [9.17, 15) is 17.6 Å². The molecule has 0 amide bonds. The van der Waals surface area contributed by atoms with Crippen LogP contribution in [-0.4, -0.2) is 46.3 Å². The molecule has 1 N–H and O–H groups in total. The Morgan fingerprint density at radius 1 is 1.00 bits per heavy atom. The third-order valence-electron chi connectivity index (χ3n) is 4.99. The molecule has 0 atom stereocenters. The Morgan fingerprint density at radius 3 is 2.41 bits per heavy atom. The van der Waals surface area contributed by atoms with E-state index < -0.39 is 11.7 Å². The lowest BCUT2D eigenvalue weighted by Gasteiger charge is -2.36. The Kier molecular flexibility index (Phi) is 5.23. The van der Waals surface area contributed by atoms with Gasteiger partial charge in [0.1, 0.15) is 11.6 Å². The molecule has 0 radical (unpaired) electrons. The monoisotopic (exact) mass is 405 g/mol. The number of halogens is 4. The minimum absolute atomic E-state index is 0.0186. The molecule has 1 aliphatic heterocycles. The number of piperazine rings is 1. The maximum Gasteiger partial charge on any atom is 0.419 e. The van der Waals surface area contributed by atoms with Crippen LogP contribution in [0.25, 0.3) is 11.3 Å². The Bertz CT molecular complexity index is 960. The molecule has 152 valence electrons. The molecule has 1 aliphatic rings. The fourth-order valence-corrected chi connectivity index (χ4v) is 3.52. The average Bonchev–Trinajstić information content (AvgIpc) is 3.17. The molecule has 3 heterocycles. The van der Waals surface area contributed by atoms with Gasteiger partial charge in [0.2, 0.25) is 0 Å². The predicted molar refractivity (Wildman–Crippen MR) is 101 cm³/mol. The van der Waals surface area contributed by atoms with Crippen molar-refractivity contribution in [3.8, 4) is 11.3 Å². The number of nitrogens with one attached hydrogen (secondary N) is 1. The molecule has 5 nitrogen and oxygen atoms in total. The number of hydrogen-bond acceptors (Lipinski definition) is 4. The number of anilines is 1. The second-order valence-corrected chi connectivity index (χ2v) is 6.90. The summed E-state index contributed by atoms with van der Waals surface area (Å²) >= 11 is 0. The van der Waals surface area contributed by atoms with Crippen molar-refractivity contribution < 1.29 is 17.6 Å². The molecule has 0 saturated carbocycles. The normalized spacial score (nSPS) is 15.7. The van der Waals surface area contributed by atoms with Crippen molar-refractivity contribution in [2.45, 2.75) is 12.7 Å². The molecule has 1 aromatic carbocycles. The summed E-state index contributed by atoms with van der Waals surface area (Å²) in [5.74, 6) is -0.329. The third kappa shape index (κ3) is 4.24. The van der Waals surface area contributed by atoms with Crippen molar-refractivity contribution in [2.75, 3.05) is 31.1 Å². The van der Waals surface area contributed by atoms with Crippen molar-refractivity contribution in [1.29, 1.82) is 0 Å². The highest BCUT2D eigenvalue weighted by Gasteiger charge is 2.36. The van der Waals surface area contributed by atoms with Crippen LogP contribution in [-0.2, 0) is 12.7 Å². The van der Waals surface area contributed by atoms with E-state index >= 15 is 0 Å². The zero-order valence-corrected chi connectivity index (χ0v) is 15.5. The number of aromatic nitrogens is 3. The molecule has 2 aromatic heterocycles. The fraction of sp³-hybridized carbons (Fsp3) is 0.300. The van der Waals surface area contributed by atoms with Crippen LogP contribution < -0.4 is 4.90 Å². The summed E-state index contributed by atoms with van der Waals surface area (Å²) in [5, 5.41) is 7.11. The first-order valence-corrected chi connectivity index (χ1v) is 9.20. The summed E-state index contributed by atoms with van der Waals surface area (Å²) in [6, 6.07) is 8.49. The predicted octanol–water partition coefficient (Wildman–Crippen LogP) is 3.95. The highest BCUT2D eigenvalue weighted by atomic mass is 19.4. The van der Waals surface area contributed by atoms with Crippen LogP contribution in [0.1, 0.15) is 11.1 Å². The van der Waals surface area contributed by atoms with Gasteiger partial charge in [0.25, 0.3) is 0 Å². The van der Waals surface area contributed by atoms with Crippen LogP contribution in [0.4, 0.5) is 23.4 Å². The van der Waals surface area contributed by atoms with Crippen LogP contribution in [0.15, 0.2) is 48.8 Å². The van der Waals surface area contributed by atoms with Gasteiger partial charge in [-0.05, 0) is 36.4 Å². The maximum absolute atomic E-state index is 13.3. The first kappa shape index (κ1) is 19.4. The van der Waals surface area contributed by atoms with E-state index in [-0.39, 0.29) is 11.6 Å². The molecule has 0 unspecified atom stereocenters. The average molecular weight is 405 g/mol. The number of rotatable bonds is 4. The first-order chi connectivity index (χ1) is 13.9. The molecule has 0 spiro atoms. The molecular formula is C20H19F4N5. The van der Waals surface area contributed by atoms with Crippen molar-refractivity contribution >= 4 is 5.82 Å². The standard InChI is InChI=1S/C20H19F4N5/c21-16-5-3-14(4-6-16)18-15(12-26-27-18)13-28-8-10-29(11-9-28)19-17(20(22,23)24)2-1-7-25-19/h1-7,12H,8-11,13H2,(H,26,27). The van der Waals surface area contributed by atoms with Crippen molar-refractivity contribution in [1.82, 2.24) is 20.1 Å². The van der Waals surface area contributed by atoms with Gasteiger partial charge in [0, 0.05) is 56.2 Å². The summed E-state index contributed by atoms with van der Waals surface area (Å²) in [6.07, 6.45) is -1.25. The molecule has 0 bridgehead atoms. The minimum Gasteiger partial charge on any atom is -0.354 e. The van der Waals surface area contributed by atoms with Crippen LogP contribution in [0, 0.1) is 5.82 Å². The lowest BCUT2D eigenvalue weighted by atomic mass is 10.1.